The molecule has 2 aromatic carbocycles. The van der Waals surface area contributed by atoms with Gasteiger partial charge in [-0.15, -0.1) is 0 Å². The molecule has 0 unspecified atom stereocenters. The van der Waals surface area contributed by atoms with Crippen molar-refractivity contribution in [3.05, 3.63) is 79.7 Å². The number of allylic oxidation sites excluding steroid dienone is 2. The maximum absolute atomic E-state index is 13.3. The molecule has 0 fully saturated rings. The summed E-state index contributed by atoms with van der Waals surface area (Å²) in [6.07, 6.45) is 0.596. The predicted molar refractivity (Wildman–Crippen MR) is 136 cm³/mol. The maximum atomic E-state index is 13.3. The third-order valence-corrected chi connectivity index (χ3v) is 7.70. The van der Waals surface area contributed by atoms with E-state index in [2.05, 4.69) is 56.1 Å². The lowest BCUT2D eigenvalue weighted by atomic mass is 9.69. The Morgan fingerprint density at radius 2 is 1.06 bits per heavy atom. The average molecular weight is 574 g/mol. The molecular formula is C27H26Br2O4. The second-order valence-electron chi connectivity index (χ2n) is 8.80. The minimum atomic E-state index is -0.695. The maximum Gasteiger partial charge on any atom is 0.335 e. The van der Waals surface area contributed by atoms with Crippen molar-refractivity contribution in [2.75, 3.05) is 13.2 Å². The van der Waals surface area contributed by atoms with Crippen LogP contribution in [0.15, 0.2) is 68.6 Å². The number of ether oxygens (including phenoxy) is 2. The lowest BCUT2D eigenvalue weighted by Crippen LogP contribution is -2.30. The van der Waals surface area contributed by atoms with Crippen LogP contribution in [0.4, 0.5) is 0 Å². The summed E-state index contributed by atoms with van der Waals surface area (Å²) in [5, 5.41) is 0. The van der Waals surface area contributed by atoms with Gasteiger partial charge >= 0.3 is 11.9 Å². The zero-order valence-electron chi connectivity index (χ0n) is 19.1. The second kappa shape index (κ2) is 8.88. The number of benzene rings is 2. The van der Waals surface area contributed by atoms with Crippen molar-refractivity contribution in [1.82, 2.24) is 0 Å². The summed E-state index contributed by atoms with van der Waals surface area (Å²) in [5.74, 6) is -0.896. The first-order valence-corrected chi connectivity index (χ1v) is 12.6. The quantitative estimate of drug-likeness (QED) is 0.350. The van der Waals surface area contributed by atoms with Gasteiger partial charge in [-0.3, -0.25) is 0 Å². The van der Waals surface area contributed by atoms with Crippen LogP contribution < -0.4 is 0 Å². The normalized spacial score (nSPS) is 23.8. The van der Waals surface area contributed by atoms with Gasteiger partial charge in [0.1, 0.15) is 0 Å². The number of carbonyl (C=O) groups excluding carboxylic acids is 2. The number of hydrogen-bond donors (Lipinski definition) is 0. The summed E-state index contributed by atoms with van der Waals surface area (Å²) < 4.78 is 12.9. The minimum absolute atomic E-state index is 0.238. The highest BCUT2D eigenvalue weighted by atomic mass is 79.9. The van der Waals surface area contributed by atoms with Crippen molar-refractivity contribution in [3.63, 3.8) is 0 Å². The van der Waals surface area contributed by atoms with E-state index >= 15 is 0 Å². The molecular weight excluding hydrogens is 548 g/mol. The largest absolute Gasteiger partial charge is 0.463 e. The van der Waals surface area contributed by atoms with Gasteiger partial charge in [-0.2, -0.15) is 0 Å². The van der Waals surface area contributed by atoms with Crippen molar-refractivity contribution in [1.29, 1.82) is 0 Å². The summed E-state index contributed by atoms with van der Waals surface area (Å²) in [6, 6.07) is 16.2. The Balaban J connectivity index is 2.05. The van der Waals surface area contributed by atoms with E-state index in [9.17, 15) is 9.59 Å². The zero-order valence-corrected chi connectivity index (χ0v) is 22.3. The molecule has 33 heavy (non-hydrogen) atoms. The fraction of sp³-hybridized carbons (Fsp3) is 0.333. The van der Waals surface area contributed by atoms with E-state index in [1.807, 2.05) is 38.1 Å². The molecule has 2 aromatic rings. The zero-order chi connectivity index (χ0) is 24.0. The SMILES string of the molecule is CCOC(=O)C1=C(C(=O)OCC)[C@@]2(C)C[C@]1(C)C(c1ccc(Br)cc1)=C2c1ccc(Br)cc1. The van der Waals surface area contributed by atoms with Crippen LogP contribution in [0.1, 0.15) is 45.2 Å². The Morgan fingerprint density at radius 1 is 0.727 bits per heavy atom. The Labute approximate surface area is 211 Å². The molecule has 2 atom stereocenters. The molecule has 0 saturated heterocycles. The van der Waals surface area contributed by atoms with E-state index in [4.69, 9.17) is 9.47 Å². The average Bonchev–Trinajstić information content (AvgIpc) is 3.16. The second-order valence-corrected chi connectivity index (χ2v) is 10.6. The molecule has 4 nitrogen and oxygen atoms in total. The van der Waals surface area contributed by atoms with E-state index in [1.54, 1.807) is 13.8 Å². The van der Waals surface area contributed by atoms with Gasteiger partial charge in [0.15, 0.2) is 0 Å². The fourth-order valence-electron chi connectivity index (χ4n) is 5.63. The molecule has 4 rings (SSSR count). The van der Waals surface area contributed by atoms with Crippen LogP contribution in [0.3, 0.4) is 0 Å². The van der Waals surface area contributed by atoms with Crippen LogP contribution >= 0.6 is 31.9 Å². The third-order valence-electron chi connectivity index (χ3n) is 6.64. The highest BCUT2D eigenvalue weighted by Crippen LogP contribution is 2.71. The highest BCUT2D eigenvalue weighted by Gasteiger charge is 2.64. The Hall–Kier alpha value is -2.18. The summed E-state index contributed by atoms with van der Waals surface area (Å²) in [7, 11) is 0. The van der Waals surface area contributed by atoms with Crippen LogP contribution in [0.5, 0.6) is 0 Å². The Kier molecular flexibility index (Phi) is 6.45. The van der Waals surface area contributed by atoms with Gasteiger partial charge in [-0.1, -0.05) is 70.0 Å². The summed E-state index contributed by atoms with van der Waals surface area (Å²) in [4.78, 5) is 26.6. The molecule has 0 radical (unpaired) electrons. The molecule has 0 saturated carbocycles. The molecule has 2 aliphatic rings. The first kappa shape index (κ1) is 24.0. The van der Waals surface area contributed by atoms with Gasteiger partial charge in [-0.05, 0) is 66.8 Å². The number of esters is 2. The predicted octanol–water partition coefficient (Wildman–Crippen LogP) is 6.98. The van der Waals surface area contributed by atoms with Crippen molar-refractivity contribution < 1.29 is 19.1 Å². The van der Waals surface area contributed by atoms with Gasteiger partial charge in [0.05, 0.1) is 24.4 Å². The van der Waals surface area contributed by atoms with Crippen LogP contribution in [0.2, 0.25) is 0 Å². The molecule has 0 amide bonds. The molecule has 2 aliphatic carbocycles. The van der Waals surface area contributed by atoms with E-state index in [-0.39, 0.29) is 13.2 Å². The third kappa shape index (κ3) is 3.81. The van der Waals surface area contributed by atoms with Gasteiger partial charge in [0, 0.05) is 19.8 Å². The van der Waals surface area contributed by atoms with Gasteiger partial charge in [0.2, 0.25) is 0 Å². The van der Waals surface area contributed by atoms with E-state index in [1.165, 1.54) is 0 Å². The number of fused-ring (bicyclic) bond motifs is 2. The van der Waals surface area contributed by atoms with Crippen molar-refractivity contribution in [3.8, 4) is 0 Å². The number of carbonyl (C=O) groups is 2. The lowest BCUT2D eigenvalue weighted by Gasteiger charge is -2.34. The Bertz CT molecular complexity index is 1090. The summed E-state index contributed by atoms with van der Waals surface area (Å²) in [5.41, 5.74) is 3.60. The van der Waals surface area contributed by atoms with Gasteiger partial charge in [0.25, 0.3) is 0 Å². The minimum Gasteiger partial charge on any atom is -0.463 e. The van der Waals surface area contributed by atoms with E-state index in [0.717, 1.165) is 31.2 Å². The molecule has 0 aliphatic heterocycles. The summed E-state index contributed by atoms with van der Waals surface area (Å²) >= 11 is 7.05. The Morgan fingerprint density at radius 3 is 1.36 bits per heavy atom. The number of rotatable bonds is 6. The van der Waals surface area contributed by atoms with Crippen LogP contribution in [-0.4, -0.2) is 25.2 Å². The molecule has 2 bridgehead atoms. The number of halogens is 2. The fourth-order valence-corrected chi connectivity index (χ4v) is 6.16. The van der Waals surface area contributed by atoms with E-state index < -0.39 is 22.8 Å². The van der Waals surface area contributed by atoms with E-state index in [0.29, 0.717) is 17.6 Å². The monoisotopic (exact) mass is 572 g/mol. The molecule has 0 spiro atoms. The van der Waals surface area contributed by atoms with Crippen molar-refractivity contribution in [2.45, 2.75) is 34.1 Å². The number of hydrogen-bond acceptors (Lipinski definition) is 4. The smallest absolute Gasteiger partial charge is 0.335 e. The van der Waals surface area contributed by atoms with Crippen LogP contribution in [0.25, 0.3) is 11.1 Å². The topological polar surface area (TPSA) is 52.6 Å². The first-order chi connectivity index (χ1) is 15.7. The molecule has 0 heterocycles. The van der Waals surface area contributed by atoms with Crippen LogP contribution in [0, 0.1) is 10.8 Å². The highest BCUT2D eigenvalue weighted by molar-refractivity contribution is 9.10. The molecule has 172 valence electrons. The molecule has 0 N–H and O–H groups in total. The van der Waals surface area contributed by atoms with Gasteiger partial charge < -0.3 is 9.47 Å². The molecule has 6 heteroatoms. The van der Waals surface area contributed by atoms with Gasteiger partial charge in [-0.25, -0.2) is 9.59 Å². The lowest BCUT2D eigenvalue weighted by molar-refractivity contribution is -0.142. The molecule has 0 aromatic heterocycles. The standard InChI is InChI=1S/C27H26Br2O4/c1-5-32-24(30)22-23(25(31)33-6-2)27(4)15-26(22,3)20(16-7-11-18(28)12-8-16)21(27)17-9-13-19(29)14-10-17/h7-14H,5-6,15H2,1-4H3/t26-,27+. The van der Waals surface area contributed by atoms with Crippen molar-refractivity contribution >= 4 is 54.9 Å². The van der Waals surface area contributed by atoms with Crippen LogP contribution in [-0.2, 0) is 19.1 Å². The summed E-state index contributed by atoms with van der Waals surface area (Å²) in [6.45, 7) is 8.13. The van der Waals surface area contributed by atoms with Crippen molar-refractivity contribution in [2.24, 2.45) is 10.8 Å². The first-order valence-electron chi connectivity index (χ1n) is 11.0.